The van der Waals surface area contributed by atoms with Crippen molar-refractivity contribution in [2.45, 2.75) is 31.5 Å². The second kappa shape index (κ2) is 7.94. The number of likely N-dealkylation sites (tertiary alicyclic amines) is 1. The lowest BCUT2D eigenvalue weighted by atomic mass is 9.74. The first-order chi connectivity index (χ1) is 13.5. The number of non-ortho nitro benzene ring substituents is 1. The highest BCUT2D eigenvalue weighted by Gasteiger charge is 2.59. The van der Waals surface area contributed by atoms with Gasteiger partial charge in [-0.05, 0) is 23.1 Å². The van der Waals surface area contributed by atoms with E-state index in [0.717, 1.165) is 5.56 Å². The summed E-state index contributed by atoms with van der Waals surface area (Å²) in [6.45, 7) is 2.27. The van der Waals surface area contributed by atoms with E-state index in [2.05, 4.69) is 10.0 Å². The van der Waals surface area contributed by atoms with Gasteiger partial charge in [-0.3, -0.25) is 14.9 Å². The van der Waals surface area contributed by atoms with Crippen LogP contribution in [0.4, 0.5) is 5.69 Å². The van der Waals surface area contributed by atoms with Gasteiger partial charge in [-0.2, -0.15) is 0 Å². The molecular formula is C20H19N5O3. The van der Waals surface area contributed by atoms with Crippen molar-refractivity contribution in [3.63, 3.8) is 0 Å². The predicted molar refractivity (Wildman–Crippen MR) is 104 cm³/mol. The van der Waals surface area contributed by atoms with Crippen LogP contribution in [0, 0.1) is 10.1 Å². The van der Waals surface area contributed by atoms with E-state index in [0.29, 0.717) is 18.5 Å². The zero-order valence-corrected chi connectivity index (χ0v) is 15.3. The fourth-order valence-electron chi connectivity index (χ4n) is 3.46. The van der Waals surface area contributed by atoms with Crippen molar-refractivity contribution in [3.05, 3.63) is 98.4 Å². The fourth-order valence-corrected chi connectivity index (χ4v) is 3.46. The molecule has 1 aliphatic rings. The summed E-state index contributed by atoms with van der Waals surface area (Å²) in [6, 6.07) is 14.9. The monoisotopic (exact) mass is 377 g/mol. The lowest BCUT2D eigenvalue weighted by Gasteiger charge is -2.52. The minimum absolute atomic E-state index is 0.0394. The highest BCUT2D eigenvalue weighted by molar-refractivity contribution is 5.97. The first kappa shape index (κ1) is 19.1. The smallest absolute Gasteiger partial charge is 0.269 e. The molecule has 2 aromatic rings. The van der Waals surface area contributed by atoms with Gasteiger partial charge in [0.2, 0.25) is 5.91 Å². The van der Waals surface area contributed by atoms with Crippen molar-refractivity contribution in [2.24, 2.45) is 5.11 Å². The van der Waals surface area contributed by atoms with E-state index < -0.39 is 16.5 Å². The van der Waals surface area contributed by atoms with E-state index in [9.17, 15) is 14.9 Å². The maximum atomic E-state index is 13.0. The Labute approximate surface area is 161 Å². The summed E-state index contributed by atoms with van der Waals surface area (Å²) in [4.78, 5) is 28.1. The molecule has 0 saturated carbocycles. The Bertz CT molecular complexity index is 952. The topological polar surface area (TPSA) is 112 Å². The molecule has 8 nitrogen and oxygen atoms in total. The van der Waals surface area contributed by atoms with Gasteiger partial charge in [-0.1, -0.05) is 66.7 Å². The number of hydrogen-bond acceptors (Lipinski definition) is 4. The second-order valence-corrected chi connectivity index (χ2v) is 6.50. The Morgan fingerprint density at radius 3 is 2.50 bits per heavy atom. The van der Waals surface area contributed by atoms with Gasteiger partial charge >= 0.3 is 0 Å². The number of β-lactam (4-membered cyclic amide) rings is 1. The summed E-state index contributed by atoms with van der Waals surface area (Å²) in [5.41, 5.74) is 9.32. The van der Waals surface area contributed by atoms with Gasteiger partial charge in [0.05, 0.1) is 11.0 Å². The minimum Gasteiger partial charge on any atom is -0.329 e. The van der Waals surface area contributed by atoms with Crippen molar-refractivity contribution in [2.75, 3.05) is 0 Å². The van der Waals surface area contributed by atoms with Gasteiger partial charge in [0.25, 0.3) is 5.69 Å². The molecular weight excluding hydrogens is 358 g/mol. The van der Waals surface area contributed by atoms with Crippen LogP contribution >= 0.6 is 0 Å². The molecule has 0 unspecified atom stereocenters. The van der Waals surface area contributed by atoms with Crippen molar-refractivity contribution in [1.82, 2.24) is 4.90 Å². The Morgan fingerprint density at radius 1 is 1.25 bits per heavy atom. The third kappa shape index (κ3) is 3.33. The summed E-state index contributed by atoms with van der Waals surface area (Å²) in [7, 11) is 0. The average molecular weight is 377 g/mol. The molecule has 8 heteroatoms. The molecule has 0 bridgehead atoms. The zero-order chi connectivity index (χ0) is 20.1. The van der Waals surface area contributed by atoms with Gasteiger partial charge in [-0.25, -0.2) is 0 Å². The standard InChI is InChI=1S/C20H19N5O3/c1-2-3-13-20(22-23-21)18(16-9-11-17(12-10-16)25(27)28)24(19(20)26)14-15-7-5-4-6-8-15/h3-13,18H,2,14H2,1H3/b13-3+/t18-,20-/m1/s1. The third-order valence-corrected chi connectivity index (χ3v) is 4.77. The quantitative estimate of drug-likeness (QED) is 0.133. The zero-order valence-electron chi connectivity index (χ0n) is 15.3. The lowest BCUT2D eigenvalue weighted by Crippen LogP contribution is -2.65. The van der Waals surface area contributed by atoms with E-state index in [1.807, 2.05) is 37.3 Å². The molecule has 1 fully saturated rings. The van der Waals surface area contributed by atoms with Crippen molar-refractivity contribution in [3.8, 4) is 0 Å². The molecule has 0 aliphatic carbocycles. The molecule has 2 atom stereocenters. The highest BCUT2D eigenvalue weighted by atomic mass is 16.6. The third-order valence-electron chi connectivity index (χ3n) is 4.77. The molecule has 1 aliphatic heterocycles. The van der Waals surface area contributed by atoms with Crippen LogP contribution in [0.3, 0.4) is 0 Å². The lowest BCUT2D eigenvalue weighted by molar-refractivity contribution is -0.384. The molecule has 0 spiro atoms. The van der Waals surface area contributed by atoms with Crippen molar-refractivity contribution in [1.29, 1.82) is 0 Å². The largest absolute Gasteiger partial charge is 0.329 e. The summed E-state index contributed by atoms with van der Waals surface area (Å²) in [5, 5.41) is 14.8. The summed E-state index contributed by atoms with van der Waals surface area (Å²) >= 11 is 0. The van der Waals surface area contributed by atoms with Crippen LogP contribution in [0.5, 0.6) is 0 Å². The van der Waals surface area contributed by atoms with E-state index in [4.69, 9.17) is 5.53 Å². The van der Waals surface area contributed by atoms with Crippen LogP contribution in [0.25, 0.3) is 10.4 Å². The number of amides is 1. The summed E-state index contributed by atoms with van der Waals surface area (Å²) in [5.74, 6) is -0.290. The Hall–Kier alpha value is -3.64. The normalized spacial score (nSPS) is 21.2. The first-order valence-corrected chi connectivity index (χ1v) is 8.86. The molecule has 2 aromatic carbocycles. The van der Waals surface area contributed by atoms with Crippen LogP contribution in [-0.2, 0) is 11.3 Å². The highest BCUT2D eigenvalue weighted by Crippen LogP contribution is 2.48. The number of carbonyl (C=O) groups is 1. The van der Waals surface area contributed by atoms with Crippen LogP contribution in [0.2, 0.25) is 0 Å². The van der Waals surface area contributed by atoms with Crippen LogP contribution < -0.4 is 0 Å². The Morgan fingerprint density at radius 2 is 1.93 bits per heavy atom. The van der Waals surface area contributed by atoms with Crippen molar-refractivity contribution < 1.29 is 9.72 Å². The molecule has 28 heavy (non-hydrogen) atoms. The van der Waals surface area contributed by atoms with Crippen LogP contribution in [0.15, 0.2) is 71.9 Å². The molecule has 3 rings (SSSR count). The number of azide groups is 1. The second-order valence-electron chi connectivity index (χ2n) is 6.50. The fraction of sp³-hybridized carbons (Fsp3) is 0.250. The number of nitrogens with zero attached hydrogens (tertiary/aromatic N) is 5. The summed E-state index contributed by atoms with van der Waals surface area (Å²) < 4.78 is 0. The van der Waals surface area contributed by atoms with Crippen LogP contribution in [-0.4, -0.2) is 21.3 Å². The Balaban J connectivity index is 2.04. The molecule has 0 radical (unpaired) electrons. The van der Waals surface area contributed by atoms with Gasteiger partial charge < -0.3 is 4.90 Å². The first-order valence-electron chi connectivity index (χ1n) is 8.86. The van der Waals surface area contributed by atoms with Gasteiger partial charge in [0.15, 0.2) is 5.54 Å². The number of nitro groups is 1. The van der Waals surface area contributed by atoms with Crippen LogP contribution in [0.1, 0.15) is 30.5 Å². The van der Waals surface area contributed by atoms with Gasteiger partial charge in [0.1, 0.15) is 0 Å². The number of benzene rings is 2. The maximum absolute atomic E-state index is 13.0. The minimum atomic E-state index is -1.37. The van der Waals surface area contributed by atoms with E-state index in [-0.39, 0.29) is 11.6 Å². The number of rotatable bonds is 7. The summed E-state index contributed by atoms with van der Waals surface area (Å²) in [6.07, 6.45) is 4.12. The average Bonchev–Trinajstić information content (AvgIpc) is 2.72. The Kier molecular flexibility index (Phi) is 5.42. The predicted octanol–water partition coefficient (Wildman–Crippen LogP) is 4.69. The van der Waals surface area contributed by atoms with Gasteiger partial charge in [-0.15, -0.1) is 0 Å². The molecule has 1 amide bonds. The molecule has 1 heterocycles. The van der Waals surface area contributed by atoms with E-state index in [1.54, 1.807) is 29.2 Å². The molecule has 1 saturated heterocycles. The van der Waals surface area contributed by atoms with Gasteiger partial charge in [0, 0.05) is 23.6 Å². The van der Waals surface area contributed by atoms with E-state index in [1.165, 1.54) is 12.1 Å². The van der Waals surface area contributed by atoms with E-state index >= 15 is 0 Å². The molecule has 0 N–H and O–H groups in total. The van der Waals surface area contributed by atoms with Crippen molar-refractivity contribution >= 4 is 11.6 Å². The maximum Gasteiger partial charge on any atom is 0.269 e. The number of allylic oxidation sites excluding steroid dienone is 1. The molecule has 142 valence electrons. The number of carbonyl (C=O) groups excluding carboxylic acids is 1. The SMILES string of the molecule is CC/C=C/[C@]1(N=[N+]=[N-])C(=O)N(Cc2ccccc2)[C@@H]1c1ccc([N+](=O)[O-])cc1. The number of hydrogen-bond donors (Lipinski definition) is 0. The molecule has 0 aromatic heterocycles. The number of nitro benzene ring substituents is 1.